The Hall–Kier alpha value is -3.90. The van der Waals surface area contributed by atoms with E-state index in [-0.39, 0.29) is 0 Å². The maximum absolute atomic E-state index is 6.21. The van der Waals surface area contributed by atoms with Crippen molar-refractivity contribution in [2.24, 2.45) is 20.5 Å². The molecule has 38 heavy (non-hydrogen) atoms. The van der Waals surface area contributed by atoms with Crippen LogP contribution >= 0.6 is 22.7 Å². The standard InChI is InChI=1S/C26H32N10S2/c1-5-35(6-2)17-9-11-21(19(27)13-17)31-33-25-29-15-23(37-25)24-16-30-26(38-24)34-32-22-12-10-18(14-20(22)28)36(7-3)8-4/h9-16H,5-8,27-28H2,1-4H3. The topological polar surface area (TPSA) is 134 Å². The van der Waals surface area contributed by atoms with Crippen molar-refractivity contribution in [1.82, 2.24) is 9.97 Å². The van der Waals surface area contributed by atoms with Gasteiger partial charge in [0.15, 0.2) is 0 Å². The van der Waals surface area contributed by atoms with Gasteiger partial charge in [-0.25, -0.2) is 9.97 Å². The van der Waals surface area contributed by atoms with Crippen molar-refractivity contribution in [1.29, 1.82) is 0 Å². The maximum Gasteiger partial charge on any atom is 0.230 e. The van der Waals surface area contributed by atoms with E-state index in [4.69, 9.17) is 11.5 Å². The predicted octanol–water partition coefficient (Wildman–Crippen LogP) is 7.95. The number of rotatable bonds is 11. The van der Waals surface area contributed by atoms with Gasteiger partial charge in [0.1, 0.15) is 11.4 Å². The normalized spacial score (nSPS) is 11.6. The number of hydrogen-bond acceptors (Lipinski definition) is 12. The number of aromatic nitrogens is 2. The van der Waals surface area contributed by atoms with E-state index in [1.807, 2.05) is 36.4 Å². The van der Waals surface area contributed by atoms with Gasteiger partial charge in [-0.15, -0.1) is 20.5 Å². The summed E-state index contributed by atoms with van der Waals surface area (Å²) in [5.74, 6) is 0. The lowest BCUT2D eigenvalue weighted by Crippen LogP contribution is -2.21. The van der Waals surface area contributed by atoms with Gasteiger partial charge in [0, 0.05) is 49.9 Å². The van der Waals surface area contributed by atoms with Gasteiger partial charge >= 0.3 is 0 Å². The van der Waals surface area contributed by atoms with Gasteiger partial charge in [0.25, 0.3) is 0 Å². The molecule has 0 aliphatic rings. The Labute approximate surface area is 230 Å². The second kappa shape index (κ2) is 12.6. The third-order valence-electron chi connectivity index (χ3n) is 6.00. The number of azo groups is 2. The summed E-state index contributed by atoms with van der Waals surface area (Å²) in [5.41, 5.74) is 16.9. The fourth-order valence-corrected chi connectivity index (χ4v) is 5.42. The molecule has 0 atom stereocenters. The molecular formula is C26H32N10S2. The highest BCUT2D eigenvalue weighted by atomic mass is 32.1. The smallest absolute Gasteiger partial charge is 0.230 e. The van der Waals surface area contributed by atoms with Crippen molar-refractivity contribution >= 4 is 67.1 Å². The van der Waals surface area contributed by atoms with Gasteiger partial charge in [-0.1, -0.05) is 22.7 Å². The van der Waals surface area contributed by atoms with Gasteiger partial charge < -0.3 is 21.3 Å². The quantitative estimate of drug-likeness (QED) is 0.144. The maximum atomic E-state index is 6.21. The Kier molecular flexibility index (Phi) is 8.98. The molecule has 10 nitrogen and oxygen atoms in total. The summed E-state index contributed by atoms with van der Waals surface area (Å²) in [6, 6.07) is 11.6. The zero-order valence-corrected chi connectivity index (χ0v) is 23.6. The van der Waals surface area contributed by atoms with E-state index < -0.39 is 0 Å². The van der Waals surface area contributed by atoms with Crippen molar-refractivity contribution in [3.63, 3.8) is 0 Å². The number of nitrogens with two attached hydrogens (primary N) is 2. The Morgan fingerprint density at radius 3 is 1.37 bits per heavy atom. The van der Waals surface area contributed by atoms with Crippen LogP contribution in [-0.4, -0.2) is 36.1 Å². The number of thiazole rings is 2. The highest BCUT2D eigenvalue weighted by Gasteiger charge is 2.10. The number of nitrogen functional groups attached to an aromatic ring is 2. The van der Waals surface area contributed by atoms with Crippen LogP contribution in [-0.2, 0) is 0 Å². The number of nitrogens with zero attached hydrogens (tertiary/aromatic N) is 8. The molecule has 2 aromatic heterocycles. The van der Waals surface area contributed by atoms with Crippen LogP contribution in [0.25, 0.3) is 9.75 Å². The van der Waals surface area contributed by atoms with Gasteiger partial charge in [0.05, 0.1) is 21.1 Å². The molecule has 0 saturated carbocycles. The van der Waals surface area contributed by atoms with Crippen LogP contribution in [0.3, 0.4) is 0 Å². The molecule has 0 amide bonds. The average Bonchev–Trinajstić information content (AvgIpc) is 3.59. The SMILES string of the molecule is CCN(CC)c1ccc(N=Nc2ncc(-c3cnc(N=Nc4ccc(N(CC)CC)cc4N)s3)s2)c(N)c1. The van der Waals surface area contributed by atoms with Crippen molar-refractivity contribution in [2.45, 2.75) is 27.7 Å². The van der Waals surface area contributed by atoms with Crippen molar-refractivity contribution in [2.75, 3.05) is 47.4 Å². The molecule has 12 heteroatoms. The minimum absolute atomic E-state index is 0.532. The van der Waals surface area contributed by atoms with Crippen LogP contribution in [0.4, 0.5) is 44.4 Å². The molecule has 2 heterocycles. The summed E-state index contributed by atoms with van der Waals surface area (Å²) < 4.78 is 0. The van der Waals surface area contributed by atoms with Gasteiger partial charge in [-0.3, -0.25) is 0 Å². The van der Waals surface area contributed by atoms with E-state index in [0.29, 0.717) is 33.0 Å². The van der Waals surface area contributed by atoms with E-state index in [0.717, 1.165) is 47.3 Å². The first-order valence-corrected chi connectivity index (χ1v) is 14.1. The van der Waals surface area contributed by atoms with Crippen molar-refractivity contribution in [3.05, 3.63) is 48.8 Å². The van der Waals surface area contributed by atoms with Gasteiger partial charge in [-0.2, -0.15) is 0 Å². The Bertz CT molecular complexity index is 1310. The fourth-order valence-electron chi connectivity index (χ4n) is 3.88. The molecule has 0 radical (unpaired) electrons. The Balaban J connectivity index is 1.43. The zero-order valence-electron chi connectivity index (χ0n) is 22.0. The molecule has 0 saturated heterocycles. The molecule has 0 fully saturated rings. The monoisotopic (exact) mass is 548 g/mol. The third kappa shape index (κ3) is 6.32. The third-order valence-corrected chi connectivity index (χ3v) is 7.95. The molecule has 2 aromatic carbocycles. The molecule has 0 spiro atoms. The second-order valence-electron chi connectivity index (χ2n) is 8.24. The van der Waals surface area contributed by atoms with E-state index in [9.17, 15) is 0 Å². The summed E-state index contributed by atoms with van der Waals surface area (Å²) in [5, 5.41) is 18.3. The van der Waals surface area contributed by atoms with Crippen LogP contribution in [0, 0.1) is 0 Å². The van der Waals surface area contributed by atoms with Crippen LogP contribution in [0.5, 0.6) is 0 Å². The van der Waals surface area contributed by atoms with Crippen LogP contribution in [0.1, 0.15) is 27.7 Å². The summed E-state index contributed by atoms with van der Waals surface area (Å²) >= 11 is 2.84. The summed E-state index contributed by atoms with van der Waals surface area (Å²) in [7, 11) is 0. The molecule has 4 N–H and O–H groups in total. The fraction of sp³-hybridized carbons (Fsp3) is 0.308. The summed E-state index contributed by atoms with van der Waals surface area (Å²) in [6.07, 6.45) is 3.51. The molecule has 0 bridgehead atoms. The highest BCUT2D eigenvalue weighted by molar-refractivity contribution is 7.25. The van der Waals surface area contributed by atoms with E-state index in [1.54, 1.807) is 12.4 Å². The number of hydrogen-bond donors (Lipinski definition) is 2. The lowest BCUT2D eigenvalue weighted by atomic mass is 10.2. The van der Waals surface area contributed by atoms with Crippen LogP contribution < -0.4 is 21.3 Å². The molecule has 0 aliphatic heterocycles. The molecule has 4 aromatic rings. The van der Waals surface area contributed by atoms with Gasteiger partial charge in [-0.05, 0) is 64.1 Å². The minimum atomic E-state index is 0.532. The number of anilines is 4. The minimum Gasteiger partial charge on any atom is -0.397 e. The predicted molar refractivity (Wildman–Crippen MR) is 160 cm³/mol. The molecule has 0 aliphatic carbocycles. The van der Waals surface area contributed by atoms with E-state index in [1.165, 1.54) is 22.7 Å². The van der Waals surface area contributed by atoms with Crippen molar-refractivity contribution < 1.29 is 0 Å². The van der Waals surface area contributed by atoms with Gasteiger partial charge in [0.2, 0.25) is 10.3 Å². The second-order valence-corrected chi connectivity index (χ2v) is 10.3. The van der Waals surface area contributed by atoms with E-state index >= 15 is 0 Å². The molecular weight excluding hydrogens is 516 g/mol. The first kappa shape index (κ1) is 27.1. The van der Waals surface area contributed by atoms with Crippen LogP contribution in [0.15, 0.2) is 69.2 Å². The lowest BCUT2D eigenvalue weighted by Gasteiger charge is -2.21. The largest absolute Gasteiger partial charge is 0.397 e. The molecule has 0 unspecified atom stereocenters. The van der Waals surface area contributed by atoms with Crippen LogP contribution in [0.2, 0.25) is 0 Å². The zero-order chi connectivity index (χ0) is 27.1. The lowest BCUT2D eigenvalue weighted by molar-refractivity contribution is 0.866. The average molecular weight is 549 g/mol. The highest BCUT2D eigenvalue weighted by Crippen LogP contribution is 2.38. The Morgan fingerprint density at radius 1 is 0.632 bits per heavy atom. The number of benzene rings is 2. The summed E-state index contributed by atoms with van der Waals surface area (Å²) in [4.78, 5) is 15.0. The molecule has 4 rings (SSSR count). The molecule has 198 valence electrons. The first-order valence-electron chi connectivity index (χ1n) is 12.5. The summed E-state index contributed by atoms with van der Waals surface area (Å²) in [6.45, 7) is 12.1. The van der Waals surface area contributed by atoms with Crippen molar-refractivity contribution in [3.8, 4) is 9.75 Å². The Morgan fingerprint density at radius 2 is 1.03 bits per heavy atom. The first-order chi connectivity index (χ1) is 18.4. The van der Waals surface area contributed by atoms with E-state index in [2.05, 4.69) is 67.9 Å².